The van der Waals surface area contributed by atoms with Crippen molar-refractivity contribution in [2.45, 2.75) is 19.3 Å². The molecule has 1 aliphatic carbocycles. The van der Waals surface area contributed by atoms with Crippen LogP contribution in [-0.2, 0) is 5.41 Å². The number of nitrogens with zero attached hydrogens (tertiary/aromatic N) is 2. The first-order valence-electron chi connectivity index (χ1n) is 18.5. The highest BCUT2D eigenvalue weighted by Crippen LogP contribution is 2.49. The van der Waals surface area contributed by atoms with Crippen LogP contribution in [0.4, 0.5) is 0 Å². The van der Waals surface area contributed by atoms with Crippen LogP contribution in [0.2, 0.25) is 0 Å². The molecule has 0 spiro atoms. The quantitative estimate of drug-likeness (QED) is 0.125. The van der Waals surface area contributed by atoms with E-state index in [1.54, 1.807) is 0 Å². The lowest BCUT2D eigenvalue weighted by Crippen LogP contribution is -2.74. The van der Waals surface area contributed by atoms with Gasteiger partial charge in [0.05, 0.1) is 11.0 Å². The molecule has 7 aromatic carbocycles. The third-order valence-electron chi connectivity index (χ3n) is 11.7. The van der Waals surface area contributed by atoms with Crippen LogP contribution in [0.5, 0.6) is 0 Å². The summed E-state index contributed by atoms with van der Waals surface area (Å²) >= 11 is 0. The second-order valence-electron chi connectivity index (χ2n) is 14.8. The summed E-state index contributed by atoms with van der Waals surface area (Å²) in [6.45, 7) is 4.82. The van der Waals surface area contributed by atoms with Crippen molar-refractivity contribution in [1.29, 1.82) is 0 Å². The fraction of sp³-hybridized carbons (Fsp3) is 0.0600. The van der Waals surface area contributed by atoms with E-state index >= 15 is 0 Å². The van der Waals surface area contributed by atoms with Gasteiger partial charge in [0.15, 0.2) is 8.07 Å². The van der Waals surface area contributed by atoms with Gasteiger partial charge in [0.1, 0.15) is 0 Å². The van der Waals surface area contributed by atoms with Crippen LogP contribution in [0.1, 0.15) is 25.0 Å². The van der Waals surface area contributed by atoms with Crippen molar-refractivity contribution in [3.05, 3.63) is 206 Å². The Morgan fingerprint density at radius 3 is 1.58 bits per heavy atom. The Morgan fingerprint density at radius 2 is 0.943 bits per heavy atom. The van der Waals surface area contributed by atoms with Crippen LogP contribution in [0.3, 0.4) is 0 Å². The molecule has 0 radical (unpaired) electrons. The van der Waals surface area contributed by atoms with E-state index in [2.05, 4.69) is 205 Å². The van der Waals surface area contributed by atoms with Gasteiger partial charge in [-0.3, -0.25) is 4.98 Å². The molecule has 2 heterocycles. The summed E-state index contributed by atoms with van der Waals surface area (Å²) in [6, 6.07) is 68.0. The first-order valence-corrected chi connectivity index (χ1v) is 20.5. The molecule has 0 saturated carbocycles. The predicted molar refractivity (Wildman–Crippen MR) is 225 cm³/mol. The van der Waals surface area contributed by atoms with Crippen molar-refractivity contribution in [2.75, 3.05) is 0 Å². The van der Waals surface area contributed by atoms with Gasteiger partial charge in [0.25, 0.3) is 0 Å². The van der Waals surface area contributed by atoms with Crippen molar-refractivity contribution < 1.29 is 0 Å². The molecule has 2 nitrogen and oxygen atoms in total. The van der Waals surface area contributed by atoms with Crippen LogP contribution in [0.25, 0.3) is 49.7 Å². The number of aromatic nitrogens is 2. The molecule has 0 saturated heterocycles. The third kappa shape index (κ3) is 4.74. The molecular weight excluding hydrogens is 657 g/mol. The zero-order valence-corrected chi connectivity index (χ0v) is 30.9. The highest BCUT2D eigenvalue weighted by atomic mass is 28.3. The second kappa shape index (κ2) is 12.2. The topological polar surface area (TPSA) is 17.8 Å². The minimum Gasteiger partial charge on any atom is -0.309 e. The molecule has 252 valence electrons. The predicted octanol–water partition coefficient (Wildman–Crippen LogP) is 9.53. The first-order chi connectivity index (χ1) is 26.0. The maximum absolute atomic E-state index is 4.27. The minimum atomic E-state index is -2.65. The lowest BCUT2D eigenvalue weighted by atomic mass is 9.81. The molecule has 0 bridgehead atoms. The van der Waals surface area contributed by atoms with Crippen LogP contribution in [0.15, 0.2) is 194 Å². The molecule has 2 aromatic heterocycles. The summed E-state index contributed by atoms with van der Waals surface area (Å²) in [5.74, 6) is 0. The lowest BCUT2D eigenvalue weighted by Gasteiger charge is -2.35. The summed E-state index contributed by atoms with van der Waals surface area (Å²) in [6.07, 6.45) is 3.73. The summed E-state index contributed by atoms with van der Waals surface area (Å²) < 4.78 is 2.35. The third-order valence-corrected chi connectivity index (χ3v) is 16.4. The Bertz CT molecular complexity index is 2690. The van der Waals surface area contributed by atoms with E-state index in [-0.39, 0.29) is 5.41 Å². The minimum absolute atomic E-state index is 0.178. The number of fused-ring (bicyclic) bond motifs is 6. The van der Waals surface area contributed by atoms with Crippen molar-refractivity contribution >= 4 is 50.6 Å². The van der Waals surface area contributed by atoms with E-state index in [0.717, 1.165) is 5.69 Å². The Balaban J connectivity index is 1.12. The molecule has 0 amide bonds. The van der Waals surface area contributed by atoms with Crippen LogP contribution < -0.4 is 20.7 Å². The van der Waals surface area contributed by atoms with E-state index in [9.17, 15) is 0 Å². The van der Waals surface area contributed by atoms with Gasteiger partial charge in [0, 0.05) is 34.3 Å². The summed E-state index contributed by atoms with van der Waals surface area (Å²) in [7, 11) is -2.65. The Hall–Kier alpha value is -6.29. The number of para-hydroxylation sites is 1. The fourth-order valence-electron chi connectivity index (χ4n) is 9.14. The van der Waals surface area contributed by atoms with Gasteiger partial charge >= 0.3 is 0 Å². The summed E-state index contributed by atoms with van der Waals surface area (Å²) in [4.78, 5) is 4.27. The largest absolute Gasteiger partial charge is 0.309 e. The molecule has 0 aliphatic heterocycles. The first kappa shape index (κ1) is 31.4. The van der Waals surface area contributed by atoms with Crippen molar-refractivity contribution in [2.24, 2.45) is 0 Å². The van der Waals surface area contributed by atoms with Crippen LogP contribution in [0, 0.1) is 0 Å². The number of rotatable bonds is 6. The molecule has 0 N–H and O–H groups in total. The van der Waals surface area contributed by atoms with E-state index in [0.29, 0.717) is 0 Å². The number of hydrogen-bond acceptors (Lipinski definition) is 1. The molecule has 3 heteroatoms. The van der Waals surface area contributed by atoms with E-state index in [4.69, 9.17) is 0 Å². The number of pyridine rings is 1. The van der Waals surface area contributed by atoms with Gasteiger partial charge in [-0.1, -0.05) is 159 Å². The fourth-order valence-corrected chi connectivity index (χ4v) is 13.9. The molecule has 1 aliphatic rings. The van der Waals surface area contributed by atoms with Gasteiger partial charge in [0.2, 0.25) is 0 Å². The molecular formula is C50H38N2Si. The van der Waals surface area contributed by atoms with Gasteiger partial charge in [-0.2, -0.15) is 0 Å². The van der Waals surface area contributed by atoms with Gasteiger partial charge in [-0.25, -0.2) is 0 Å². The second-order valence-corrected chi connectivity index (χ2v) is 18.6. The van der Waals surface area contributed by atoms with Crippen LogP contribution in [-0.4, -0.2) is 17.6 Å². The average Bonchev–Trinajstić information content (AvgIpc) is 3.67. The lowest BCUT2D eigenvalue weighted by molar-refractivity contribution is 0.661. The Kier molecular flexibility index (Phi) is 7.21. The monoisotopic (exact) mass is 694 g/mol. The zero-order chi connectivity index (χ0) is 35.6. The highest BCUT2D eigenvalue weighted by Gasteiger charge is 2.44. The van der Waals surface area contributed by atoms with Crippen LogP contribution >= 0.6 is 0 Å². The smallest absolute Gasteiger partial charge is 0.179 e. The van der Waals surface area contributed by atoms with Gasteiger partial charge in [-0.05, 0) is 90.5 Å². The molecule has 0 unspecified atom stereocenters. The average molecular weight is 695 g/mol. The number of benzene rings is 7. The van der Waals surface area contributed by atoms with E-state index < -0.39 is 8.07 Å². The zero-order valence-electron chi connectivity index (χ0n) is 29.9. The molecule has 10 rings (SSSR count). The highest BCUT2D eigenvalue weighted by molar-refractivity contribution is 7.19. The molecule has 9 aromatic rings. The molecule has 0 fully saturated rings. The molecule has 53 heavy (non-hydrogen) atoms. The summed E-state index contributed by atoms with van der Waals surface area (Å²) in [5.41, 5.74) is 11.3. The van der Waals surface area contributed by atoms with Crippen molar-refractivity contribution in [3.8, 4) is 27.9 Å². The van der Waals surface area contributed by atoms with Gasteiger partial charge in [-0.15, -0.1) is 0 Å². The Morgan fingerprint density at radius 1 is 0.434 bits per heavy atom. The maximum Gasteiger partial charge on any atom is 0.179 e. The Labute approximate surface area is 311 Å². The summed E-state index contributed by atoms with van der Waals surface area (Å²) in [5, 5.41) is 8.12. The van der Waals surface area contributed by atoms with E-state index in [1.807, 2.05) is 12.4 Å². The molecule has 0 atom stereocenters. The number of hydrogen-bond donors (Lipinski definition) is 0. The normalized spacial score (nSPS) is 13.2. The standard InChI is InChI=1S/C50H38N2Si/c1-50(2)46-33-36(35-23-27-49-45(32-35)44-20-12-13-21-48(44)52(49)37-28-30-51-31-29-37)22-25-42(46)43-26-24-41(34-47(43)50)53(38-14-6-3-7-15-38,39-16-8-4-9-17-39)40-18-10-5-11-19-40/h3-34H,1-2H3. The van der Waals surface area contributed by atoms with Crippen molar-refractivity contribution in [1.82, 2.24) is 9.55 Å². The SMILES string of the molecule is CC1(C)c2cc(-c3ccc4c(c3)c3ccccc3n4-c3ccncc3)ccc2-c2ccc([Si](c3ccccc3)(c3ccccc3)c3ccccc3)cc21. The van der Waals surface area contributed by atoms with Gasteiger partial charge < -0.3 is 4.57 Å². The van der Waals surface area contributed by atoms with Crippen molar-refractivity contribution in [3.63, 3.8) is 0 Å². The maximum atomic E-state index is 4.27. The van der Waals surface area contributed by atoms with E-state index in [1.165, 1.54) is 75.9 Å².